The average molecular weight is 218 g/mol. The number of alkyl halides is 1. The monoisotopic (exact) mass is 217 g/mol. The molecule has 0 spiro atoms. The van der Waals surface area contributed by atoms with Gasteiger partial charge in [-0.3, -0.25) is 4.79 Å². The van der Waals surface area contributed by atoms with Crippen LogP contribution in [0.5, 0.6) is 0 Å². The molecule has 0 aromatic heterocycles. The van der Waals surface area contributed by atoms with Gasteiger partial charge in [-0.25, -0.2) is 0 Å². The fourth-order valence-corrected chi connectivity index (χ4v) is 1.46. The molecular weight excluding hydrogens is 198 g/mol. The first-order valence-electron chi connectivity index (χ1n) is 5.20. The first-order valence-corrected chi connectivity index (χ1v) is 5.74. The van der Waals surface area contributed by atoms with Crippen LogP contribution in [0.15, 0.2) is 12.7 Å². The van der Waals surface area contributed by atoms with E-state index in [-0.39, 0.29) is 5.91 Å². The number of unbranched alkanes of at least 4 members (excludes halogenated alkanes) is 1. The predicted octanol–water partition coefficient (Wildman–Crippen LogP) is 2.82. The number of hydrogen-bond donors (Lipinski definition) is 0. The highest BCUT2D eigenvalue weighted by atomic mass is 35.5. The van der Waals surface area contributed by atoms with Gasteiger partial charge in [0.05, 0.1) is 0 Å². The van der Waals surface area contributed by atoms with Crippen LogP contribution in [-0.2, 0) is 4.79 Å². The Kier molecular flexibility index (Phi) is 8.75. The standard InChI is InChI=1S/C11H20ClNO/c1-3-9-13(10-4-2)11(14)7-5-6-8-12/h3H,1,4-10H2,2H3. The van der Waals surface area contributed by atoms with Gasteiger partial charge in [0.25, 0.3) is 0 Å². The van der Waals surface area contributed by atoms with E-state index in [1.54, 1.807) is 6.08 Å². The molecular formula is C11H20ClNO. The molecule has 0 fully saturated rings. The highest BCUT2D eigenvalue weighted by molar-refractivity contribution is 6.17. The van der Waals surface area contributed by atoms with Crippen molar-refractivity contribution in [1.29, 1.82) is 0 Å². The van der Waals surface area contributed by atoms with Crippen molar-refractivity contribution in [2.75, 3.05) is 19.0 Å². The van der Waals surface area contributed by atoms with Crippen molar-refractivity contribution in [3.63, 3.8) is 0 Å². The van der Waals surface area contributed by atoms with E-state index >= 15 is 0 Å². The molecule has 0 aromatic carbocycles. The van der Waals surface area contributed by atoms with Gasteiger partial charge in [-0.2, -0.15) is 0 Å². The Morgan fingerprint density at radius 1 is 1.50 bits per heavy atom. The van der Waals surface area contributed by atoms with E-state index in [9.17, 15) is 4.79 Å². The van der Waals surface area contributed by atoms with Crippen LogP contribution < -0.4 is 0 Å². The van der Waals surface area contributed by atoms with E-state index in [0.29, 0.717) is 18.8 Å². The first kappa shape index (κ1) is 13.5. The lowest BCUT2D eigenvalue weighted by atomic mass is 10.2. The van der Waals surface area contributed by atoms with Gasteiger partial charge in [0.2, 0.25) is 5.91 Å². The Bertz CT molecular complexity index is 171. The van der Waals surface area contributed by atoms with Crippen molar-refractivity contribution < 1.29 is 4.79 Å². The molecule has 1 amide bonds. The van der Waals surface area contributed by atoms with Gasteiger partial charge in [-0.05, 0) is 19.3 Å². The predicted molar refractivity (Wildman–Crippen MR) is 61.6 cm³/mol. The van der Waals surface area contributed by atoms with Crippen LogP contribution in [0.2, 0.25) is 0 Å². The maximum absolute atomic E-state index is 11.6. The number of amides is 1. The van der Waals surface area contributed by atoms with Crippen molar-refractivity contribution in [2.45, 2.75) is 32.6 Å². The van der Waals surface area contributed by atoms with Gasteiger partial charge in [0.1, 0.15) is 0 Å². The second-order valence-electron chi connectivity index (χ2n) is 3.27. The normalized spacial score (nSPS) is 9.86. The van der Waals surface area contributed by atoms with Crippen LogP contribution in [-0.4, -0.2) is 29.8 Å². The number of halogens is 1. The largest absolute Gasteiger partial charge is 0.339 e. The van der Waals surface area contributed by atoms with Crippen molar-refractivity contribution in [3.8, 4) is 0 Å². The van der Waals surface area contributed by atoms with Gasteiger partial charge in [0, 0.05) is 25.4 Å². The molecule has 0 bridgehead atoms. The van der Waals surface area contributed by atoms with Crippen LogP contribution in [0, 0.1) is 0 Å². The third-order valence-corrected chi connectivity index (χ3v) is 2.24. The zero-order valence-corrected chi connectivity index (χ0v) is 9.72. The van der Waals surface area contributed by atoms with E-state index in [2.05, 4.69) is 13.5 Å². The maximum Gasteiger partial charge on any atom is 0.222 e. The van der Waals surface area contributed by atoms with Gasteiger partial charge < -0.3 is 4.90 Å². The second kappa shape index (κ2) is 9.07. The molecule has 0 radical (unpaired) electrons. The Labute approximate surface area is 91.9 Å². The zero-order chi connectivity index (χ0) is 10.8. The lowest BCUT2D eigenvalue weighted by molar-refractivity contribution is -0.130. The molecule has 0 unspecified atom stereocenters. The Morgan fingerprint density at radius 2 is 2.21 bits per heavy atom. The van der Waals surface area contributed by atoms with Crippen LogP contribution in [0.25, 0.3) is 0 Å². The van der Waals surface area contributed by atoms with E-state index in [1.807, 2.05) is 4.90 Å². The lowest BCUT2D eigenvalue weighted by Crippen LogP contribution is -2.31. The van der Waals surface area contributed by atoms with Crippen LogP contribution in [0.1, 0.15) is 32.6 Å². The summed E-state index contributed by atoms with van der Waals surface area (Å²) < 4.78 is 0. The second-order valence-corrected chi connectivity index (χ2v) is 3.65. The van der Waals surface area contributed by atoms with Crippen molar-refractivity contribution in [3.05, 3.63) is 12.7 Å². The summed E-state index contributed by atoms with van der Waals surface area (Å²) in [6.45, 7) is 7.20. The van der Waals surface area contributed by atoms with Crippen LogP contribution >= 0.6 is 11.6 Å². The molecule has 3 heteroatoms. The molecule has 0 rings (SSSR count). The molecule has 14 heavy (non-hydrogen) atoms. The first-order chi connectivity index (χ1) is 6.76. The molecule has 0 aliphatic carbocycles. The third kappa shape index (κ3) is 6.03. The van der Waals surface area contributed by atoms with Crippen LogP contribution in [0.4, 0.5) is 0 Å². The van der Waals surface area contributed by atoms with E-state index in [1.165, 1.54) is 0 Å². The molecule has 0 saturated carbocycles. The number of nitrogens with zero attached hydrogens (tertiary/aromatic N) is 1. The summed E-state index contributed by atoms with van der Waals surface area (Å²) in [6, 6.07) is 0. The Balaban J connectivity index is 3.81. The van der Waals surface area contributed by atoms with Crippen molar-refractivity contribution >= 4 is 17.5 Å². The van der Waals surface area contributed by atoms with E-state index in [4.69, 9.17) is 11.6 Å². The molecule has 0 saturated heterocycles. The minimum absolute atomic E-state index is 0.219. The minimum atomic E-state index is 0.219. The molecule has 0 N–H and O–H groups in total. The van der Waals surface area contributed by atoms with Gasteiger partial charge >= 0.3 is 0 Å². The lowest BCUT2D eigenvalue weighted by Gasteiger charge is -2.20. The molecule has 0 aliphatic rings. The average Bonchev–Trinajstić information content (AvgIpc) is 2.18. The Hall–Kier alpha value is -0.500. The third-order valence-electron chi connectivity index (χ3n) is 1.97. The fraction of sp³-hybridized carbons (Fsp3) is 0.727. The fourth-order valence-electron chi connectivity index (χ4n) is 1.27. The van der Waals surface area contributed by atoms with Gasteiger partial charge in [-0.1, -0.05) is 13.0 Å². The van der Waals surface area contributed by atoms with E-state index < -0.39 is 0 Å². The Morgan fingerprint density at radius 3 is 2.71 bits per heavy atom. The topological polar surface area (TPSA) is 20.3 Å². The van der Waals surface area contributed by atoms with Crippen molar-refractivity contribution in [2.24, 2.45) is 0 Å². The van der Waals surface area contributed by atoms with Gasteiger partial charge in [0.15, 0.2) is 0 Å². The number of rotatable bonds is 8. The van der Waals surface area contributed by atoms with E-state index in [0.717, 1.165) is 25.8 Å². The maximum atomic E-state index is 11.6. The summed E-state index contributed by atoms with van der Waals surface area (Å²) in [5, 5.41) is 0. The summed E-state index contributed by atoms with van der Waals surface area (Å²) in [5.41, 5.74) is 0. The highest BCUT2D eigenvalue weighted by Gasteiger charge is 2.09. The summed E-state index contributed by atoms with van der Waals surface area (Å²) in [7, 11) is 0. The number of carbonyl (C=O) groups excluding carboxylic acids is 1. The molecule has 0 aromatic rings. The molecule has 0 heterocycles. The van der Waals surface area contributed by atoms with Crippen LogP contribution in [0.3, 0.4) is 0 Å². The SMILES string of the molecule is C=CCN(CCC)C(=O)CCCCCl. The molecule has 0 aliphatic heterocycles. The number of hydrogen-bond acceptors (Lipinski definition) is 1. The molecule has 82 valence electrons. The highest BCUT2D eigenvalue weighted by Crippen LogP contribution is 2.03. The molecule has 2 nitrogen and oxygen atoms in total. The summed E-state index contributed by atoms with van der Waals surface area (Å²) >= 11 is 5.55. The summed E-state index contributed by atoms with van der Waals surface area (Å²) in [5.74, 6) is 0.861. The number of carbonyl (C=O) groups is 1. The molecule has 0 atom stereocenters. The minimum Gasteiger partial charge on any atom is -0.339 e. The smallest absolute Gasteiger partial charge is 0.222 e. The summed E-state index contributed by atoms with van der Waals surface area (Å²) in [4.78, 5) is 13.5. The zero-order valence-electron chi connectivity index (χ0n) is 8.97. The summed E-state index contributed by atoms with van der Waals surface area (Å²) in [6.07, 6.45) is 5.19. The quantitative estimate of drug-likeness (QED) is 0.348. The van der Waals surface area contributed by atoms with Crippen molar-refractivity contribution in [1.82, 2.24) is 4.90 Å². The van der Waals surface area contributed by atoms with Gasteiger partial charge in [-0.15, -0.1) is 18.2 Å².